The van der Waals surface area contributed by atoms with Crippen LogP contribution in [0.2, 0.25) is 0 Å². The van der Waals surface area contributed by atoms with Gasteiger partial charge in [-0.15, -0.1) is 0 Å². The monoisotopic (exact) mass is 316 g/mol. The second-order valence-electron chi connectivity index (χ2n) is 4.69. The molecule has 5 nitrogen and oxygen atoms in total. The largest absolute Gasteiger partial charge is 0.309 e. The minimum atomic E-state index is -3.34. The number of rotatable bonds is 8. The molecule has 0 spiro atoms. The average molecular weight is 316 g/mol. The summed E-state index contributed by atoms with van der Waals surface area (Å²) in [6, 6.07) is 5.91. The Hall–Kier alpha value is -1.47. The minimum absolute atomic E-state index is 0.0555. The van der Waals surface area contributed by atoms with Crippen molar-refractivity contribution in [2.24, 2.45) is 0 Å². The number of anilines is 1. The summed E-state index contributed by atoms with van der Waals surface area (Å²) in [5.74, 6) is -0.794. The fourth-order valence-electron chi connectivity index (χ4n) is 1.84. The van der Waals surface area contributed by atoms with Crippen LogP contribution in [0.1, 0.15) is 26.7 Å². The normalized spacial score (nSPS) is 11.4. The fourth-order valence-corrected chi connectivity index (χ4v) is 3.05. The van der Waals surface area contributed by atoms with E-state index in [1.165, 1.54) is 30.0 Å². The first-order chi connectivity index (χ1) is 9.87. The molecule has 1 aromatic rings. The second-order valence-corrected chi connectivity index (χ2v) is 6.62. The van der Waals surface area contributed by atoms with Gasteiger partial charge in [0, 0.05) is 20.0 Å². The Bertz CT molecular complexity index is 575. The first-order valence-electron chi connectivity index (χ1n) is 6.87. The molecule has 0 aromatic heterocycles. The highest BCUT2D eigenvalue weighted by atomic mass is 32.2. The zero-order valence-corrected chi connectivity index (χ0v) is 13.1. The molecule has 0 unspecified atom stereocenters. The van der Waals surface area contributed by atoms with Crippen molar-refractivity contribution in [3.63, 3.8) is 0 Å². The van der Waals surface area contributed by atoms with E-state index in [1.54, 1.807) is 6.07 Å². The summed E-state index contributed by atoms with van der Waals surface area (Å²) in [5, 5.41) is 0. The van der Waals surface area contributed by atoms with E-state index in [1.807, 2.05) is 6.92 Å². The van der Waals surface area contributed by atoms with Gasteiger partial charge < -0.3 is 4.90 Å². The topological polar surface area (TPSA) is 66.5 Å². The first-order valence-corrected chi connectivity index (χ1v) is 8.52. The number of amides is 1. The standard InChI is InChI=1S/C14H21FN2O3S/c1-3-4-11-21(19,20)16-9-10-17(12(2)18)14-8-6-5-7-13(14)15/h5-8,16H,3-4,9-11H2,1-2H3. The number of hydrogen-bond donors (Lipinski definition) is 1. The van der Waals surface area contributed by atoms with E-state index >= 15 is 0 Å². The number of para-hydroxylation sites is 1. The SMILES string of the molecule is CCCCS(=O)(=O)NCCN(C(C)=O)c1ccccc1F. The molecule has 0 saturated heterocycles. The lowest BCUT2D eigenvalue weighted by Gasteiger charge is -2.21. The molecule has 0 radical (unpaired) electrons. The van der Waals surface area contributed by atoms with Crippen molar-refractivity contribution in [1.82, 2.24) is 4.72 Å². The molecule has 0 aliphatic carbocycles. The summed E-state index contributed by atoms with van der Waals surface area (Å²) in [6.45, 7) is 3.37. The molecule has 118 valence electrons. The third kappa shape index (κ3) is 5.81. The van der Waals surface area contributed by atoms with E-state index in [2.05, 4.69) is 4.72 Å². The van der Waals surface area contributed by atoms with E-state index < -0.39 is 15.8 Å². The lowest BCUT2D eigenvalue weighted by atomic mass is 10.2. The molecule has 7 heteroatoms. The molecule has 0 bridgehead atoms. The molecule has 1 rings (SSSR count). The Kier molecular flexibility index (Phi) is 6.77. The minimum Gasteiger partial charge on any atom is -0.309 e. The molecule has 1 N–H and O–H groups in total. The van der Waals surface area contributed by atoms with Gasteiger partial charge in [0.25, 0.3) is 0 Å². The van der Waals surface area contributed by atoms with Gasteiger partial charge >= 0.3 is 0 Å². The second kappa shape index (κ2) is 8.09. The molecular weight excluding hydrogens is 295 g/mol. The van der Waals surface area contributed by atoms with Crippen LogP contribution in [0.5, 0.6) is 0 Å². The van der Waals surface area contributed by atoms with Crippen molar-refractivity contribution in [3.05, 3.63) is 30.1 Å². The van der Waals surface area contributed by atoms with Crippen LogP contribution >= 0.6 is 0 Å². The maximum absolute atomic E-state index is 13.7. The van der Waals surface area contributed by atoms with Gasteiger partial charge in [0.1, 0.15) is 5.82 Å². The van der Waals surface area contributed by atoms with Crippen molar-refractivity contribution < 1.29 is 17.6 Å². The third-order valence-electron chi connectivity index (χ3n) is 2.95. The van der Waals surface area contributed by atoms with Crippen LogP contribution in [0.25, 0.3) is 0 Å². The van der Waals surface area contributed by atoms with Gasteiger partial charge in [-0.3, -0.25) is 4.79 Å². The number of carbonyl (C=O) groups excluding carboxylic acids is 1. The highest BCUT2D eigenvalue weighted by Crippen LogP contribution is 2.18. The van der Waals surface area contributed by atoms with Crippen LogP contribution in [0.4, 0.5) is 10.1 Å². The predicted octanol–water partition coefficient (Wildman–Crippen LogP) is 1.90. The van der Waals surface area contributed by atoms with Crippen LogP contribution < -0.4 is 9.62 Å². The Balaban J connectivity index is 2.66. The molecule has 0 atom stereocenters. The average Bonchev–Trinajstić information content (AvgIpc) is 2.42. The lowest BCUT2D eigenvalue weighted by molar-refractivity contribution is -0.116. The molecule has 0 aliphatic rings. The van der Waals surface area contributed by atoms with E-state index in [0.717, 1.165) is 6.42 Å². The van der Waals surface area contributed by atoms with E-state index in [9.17, 15) is 17.6 Å². The number of benzene rings is 1. The maximum Gasteiger partial charge on any atom is 0.223 e. The van der Waals surface area contributed by atoms with Crippen molar-refractivity contribution in [2.75, 3.05) is 23.7 Å². The van der Waals surface area contributed by atoms with Crippen LogP contribution in [0.15, 0.2) is 24.3 Å². The maximum atomic E-state index is 13.7. The van der Waals surface area contributed by atoms with E-state index in [-0.39, 0.29) is 30.4 Å². The Labute approximate surface area is 125 Å². The molecule has 0 heterocycles. The number of nitrogens with one attached hydrogen (secondary N) is 1. The summed E-state index contributed by atoms with van der Waals surface area (Å²) in [6.07, 6.45) is 1.37. The molecule has 21 heavy (non-hydrogen) atoms. The fraction of sp³-hybridized carbons (Fsp3) is 0.500. The highest BCUT2D eigenvalue weighted by molar-refractivity contribution is 7.89. The summed E-state index contributed by atoms with van der Waals surface area (Å²) >= 11 is 0. The van der Waals surface area contributed by atoms with Crippen molar-refractivity contribution in [2.45, 2.75) is 26.7 Å². The lowest BCUT2D eigenvalue weighted by Crippen LogP contribution is -2.38. The molecular formula is C14H21FN2O3S. The van der Waals surface area contributed by atoms with Crippen LogP contribution in [-0.4, -0.2) is 33.2 Å². The summed E-state index contributed by atoms with van der Waals surface area (Å²) in [7, 11) is -3.34. The Morgan fingerprint density at radius 1 is 1.33 bits per heavy atom. The summed E-state index contributed by atoms with van der Waals surface area (Å²) in [4.78, 5) is 12.8. The quantitative estimate of drug-likeness (QED) is 0.796. The van der Waals surface area contributed by atoms with Crippen molar-refractivity contribution in [1.29, 1.82) is 0 Å². The Morgan fingerprint density at radius 2 is 2.00 bits per heavy atom. The number of halogens is 1. The number of unbranched alkanes of at least 4 members (excludes halogenated alkanes) is 1. The molecule has 0 fully saturated rings. The van der Waals surface area contributed by atoms with Gasteiger partial charge in [-0.1, -0.05) is 25.5 Å². The zero-order valence-electron chi connectivity index (χ0n) is 12.3. The van der Waals surface area contributed by atoms with Gasteiger partial charge in [-0.05, 0) is 18.6 Å². The van der Waals surface area contributed by atoms with Gasteiger partial charge in [-0.2, -0.15) is 0 Å². The summed E-state index contributed by atoms with van der Waals surface area (Å²) in [5.41, 5.74) is 0.151. The van der Waals surface area contributed by atoms with Crippen molar-refractivity contribution >= 4 is 21.6 Å². The van der Waals surface area contributed by atoms with Crippen LogP contribution in [-0.2, 0) is 14.8 Å². The predicted molar refractivity (Wildman–Crippen MR) is 81.1 cm³/mol. The third-order valence-corrected chi connectivity index (χ3v) is 4.42. The number of hydrogen-bond acceptors (Lipinski definition) is 3. The van der Waals surface area contributed by atoms with E-state index in [0.29, 0.717) is 6.42 Å². The highest BCUT2D eigenvalue weighted by Gasteiger charge is 2.16. The molecule has 0 saturated carbocycles. The van der Waals surface area contributed by atoms with Crippen LogP contribution in [0.3, 0.4) is 0 Å². The number of nitrogens with zero attached hydrogens (tertiary/aromatic N) is 1. The molecule has 1 aromatic carbocycles. The molecule has 0 aliphatic heterocycles. The summed E-state index contributed by atoms with van der Waals surface area (Å²) < 4.78 is 39.4. The first kappa shape index (κ1) is 17.6. The number of carbonyl (C=O) groups is 1. The van der Waals surface area contributed by atoms with Gasteiger partial charge in [0.2, 0.25) is 15.9 Å². The van der Waals surface area contributed by atoms with Gasteiger partial charge in [0.05, 0.1) is 11.4 Å². The zero-order chi connectivity index (χ0) is 15.9. The number of sulfonamides is 1. The Morgan fingerprint density at radius 3 is 2.57 bits per heavy atom. The van der Waals surface area contributed by atoms with Gasteiger partial charge in [-0.25, -0.2) is 17.5 Å². The smallest absolute Gasteiger partial charge is 0.223 e. The van der Waals surface area contributed by atoms with Crippen molar-refractivity contribution in [3.8, 4) is 0 Å². The molecule has 1 amide bonds. The van der Waals surface area contributed by atoms with E-state index in [4.69, 9.17) is 0 Å². The van der Waals surface area contributed by atoms with Gasteiger partial charge in [0.15, 0.2) is 0 Å². The van der Waals surface area contributed by atoms with Crippen LogP contribution in [0, 0.1) is 5.82 Å².